The molecule has 1 fully saturated rings. The lowest BCUT2D eigenvalue weighted by Gasteiger charge is -2.09. The minimum atomic E-state index is 0.704. The van der Waals surface area contributed by atoms with E-state index in [-0.39, 0.29) is 0 Å². The summed E-state index contributed by atoms with van der Waals surface area (Å²) in [4.78, 5) is 0. The second kappa shape index (κ2) is 2.05. The SMILES string of the molecule is COc1ccc2c(c1)[C@@H]1C=C[C@@H]3[C@H]2[C@@H]31. The van der Waals surface area contributed by atoms with Crippen LogP contribution in [0.3, 0.4) is 0 Å². The van der Waals surface area contributed by atoms with Crippen molar-refractivity contribution in [3.05, 3.63) is 41.5 Å². The van der Waals surface area contributed by atoms with Crippen molar-refractivity contribution in [2.45, 2.75) is 11.8 Å². The fraction of sp³-hybridized carbons (Fsp3) is 0.385. The quantitative estimate of drug-likeness (QED) is 0.610. The first-order valence-electron chi connectivity index (χ1n) is 5.26. The molecule has 0 spiro atoms. The second-order valence-electron chi connectivity index (χ2n) is 4.59. The third kappa shape index (κ3) is 0.617. The molecule has 70 valence electrons. The van der Waals surface area contributed by atoms with Gasteiger partial charge in [0.05, 0.1) is 7.11 Å². The van der Waals surface area contributed by atoms with Crippen molar-refractivity contribution >= 4 is 0 Å². The van der Waals surface area contributed by atoms with Crippen LogP contribution in [0.2, 0.25) is 0 Å². The summed E-state index contributed by atoms with van der Waals surface area (Å²) >= 11 is 0. The zero-order chi connectivity index (χ0) is 9.28. The van der Waals surface area contributed by atoms with Crippen LogP contribution in [-0.4, -0.2) is 7.11 Å². The molecule has 0 N–H and O–H groups in total. The first-order valence-corrected chi connectivity index (χ1v) is 5.26. The number of rotatable bonds is 1. The van der Waals surface area contributed by atoms with E-state index in [2.05, 4.69) is 30.4 Å². The third-order valence-electron chi connectivity index (χ3n) is 4.10. The first-order chi connectivity index (χ1) is 6.90. The van der Waals surface area contributed by atoms with Gasteiger partial charge in [-0.1, -0.05) is 18.2 Å². The molecule has 4 rings (SSSR count). The van der Waals surface area contributed by atoms with Gasteiger partial charge in [-0.25, -0.2) is 0 Å². The molecule has 14 heavy (non-hydrogen) atoms. The van der Waals surface area contributed by atoms with Crippen LogP contribution < -0.4 is 4.74 Å². The van der Waals surface area contributed by atoms with Gasteiger partial charge in [-0.15, -0.1) is 0 Å². The molecular weight excluding hydrogens is 172 g/mol. The van der Waals surface area contributed by atoms with E-state index in [0.717, 1.165) is 23.5 Å². The van der Waals surface area contributed by atoms with E-state index < -0.39 is 0 Å². The molecule has 0 heterocycles. The summed E-state index contributed by atoms with van der Waals surface area (Å²) in [6, 6.07) is 6.58. The molecule has 0 aromatic heterocycles. The number of ether oxygens (including phenoxy) is 1. The molecule has 3 aliphatic carbocycles. The Balaban J connectivity index is 1.92. The zero-order valence-corrected chi connectivity index (χ0v) is 8.10. The monoisotopic (exact) mass is 184 g/mol. The lowest BCUT2D eigenvalue weighted by Crippen LogP contribution is -1.94. The lowest BCUT2D eigenvalue weighted by molar-refractivity contribution is 0.414. The van der Waals surface area contributed by atoms with Crippen LogP contribution in [0, 0.1) is 11.8 Å². The molecule has 0 saturated heterocycles. The van der Waals surface area contributed by atoms with Crippen LogP contribution in [0.4, 0.5) is 0 Å². The van der Waals surface area contributed by atoms with E-state index in [4.69, 9.17) is 4.74 Å². The van der Waals surface area contributed by atoms with Gasteiger partial charge in [0.2, 0.25) is 0 Å². The maximum absolute atomic E-state index is 5.27. The Morgan fingerprint density at radius 1 is 1.14 bits per heavy atom. The van der Waals surface area contributed by atoms with E-state index in [1.165, 1.54) is 5.56 Å². The maximum Gasteiger partial charge on any atom is 0.119 e. The van der Waals surface area contributed by atoms with Gasteiger partial charge in [-0.2, -0.15) is 0 Å². The average molecular weight is 184 g/mol. The Hall–Kier alpha value is -1.24. The second-order valence-corrected chi connectivity index (χ2v) is 4.59. The van der Waals surface area contributed by atoms with E-state index in [1.54, 1.807) is 12.7 Å². The van der Waals surface area contributed by atoms with Crippen molar-refractivity contribution in [2.75, 3.05) is 7.11 Å². The Kier molecular flexibility index (Phi) is 1.04. The van der Waals surface area contributed by atoms with Crippen molar-refractivity contribution in [3.8, 4) is 5.75 Å². The molecule has 0 unspecified atom stereocenters. The molecule has 0 radical (unpaired) electrons. The van der Waals surface area contributed by atoms with Crippen LogP contribution in [0.5, 0.6) is 5.75 Å². The normalized spacial score (nSPS) is 39.5. The summed E-state index contributed by atoms with van der Waals surface area (Å²) in [5.74, 6) is 4.35. The highest BCUT2D eigenvalue weighted by atomic mass is 16.5. The highest BCUT2D eigenvalue weighted by Gasteiger charge is 2.61. The van der Waals surface area contributed by atoms with Crippen LogP contribution in [0.1, 0.15) is 23.0 Å². The van der Waals surface area contributed by atoms with Crippen molar-refractivity contribution < 1.29 is 4.74 Å². The van der Waals surface area contributed by atoms with E-state index >= 15 is 0 Å². The van der Waals surface area contributed by atoms with Crippen LogP contribution in [0.25, 0.3) is 0 Å². The van der Waals surface area contributed by atoms with E-state index in [1.807, 2.05) is 0 Å². The predicted octanol–water partition coefficient (Wildman–Crippen LogP) is 2.69. The summed E-state index contributed by atoms with van der Waals surface area (Å²) in [5, 5.41) is 0. The highest BCUT2D eigenvalue weighted by molar-refractivity contribution is 5.56. The number of benzene rings is 1. The van der Waals surface area contributed by atoms with E-state index in [0.29, 0.717) is 5.92 Å². The van der Waals surface area contributed by atoms with Gasteiger partial charge in [-0.05, 0) is 41.0 Å². The molecule has 1 aromatic rings. The topological polar surface area (TPSA) is 9.23 Å². The van der Waals surface area contributed by atoms with Crippen LogP contribution in [-0.2, 0) is 0 Å². The minimum Gasteiger partial charge on any atom is -0.497 e. The summed E-state index contributed by atoms with van der Waals surface area (Å²) in [5.41, 5.74) is 3.10. The molecule has 0 amide bonds. The number of hydrogen-bond donors (Lipinski definition) is 0. The maximum atomic E-state index is 5.27. The van der Waals surface area contributed by atoms with Gasteiger partial charge in [0.1, 0.15) is 5.75 Å². The van der Waals surface area contributed by atoms with Crippen molar-refractivity contribution in [1.29, 1.82) is 0 Å². The van der Waals surface area contributed by atoms with Gasteiger partial charge in [0.25, 0.3) is 0 Å². The molecule has 1 aromatic carbocycles. The number of methoxy groups -OCH3 is 1. The molecule has 0 aliphatic heterocycles. The predicted molar refractivity (Wildman–Crippen MR) is 54.6 cm³/mol. The number of allylic oxidation sites excluding steroid dienone is 2. The molecular formula is C13H12O. The van der Waals surface area contributed by atoms with E-state index in [9.17, 15) is 0 Å². The Bertz CT molecular complexity index is 447. The van der Waals surface area contributed by atoms with Gasteiger partial charge < -0.3 is 4.74 Å². The number of fused-ring (bicyclic) bond motifs is 4. The summed E-state index contributed by atoms with van der Waals surface area (Å²) in [6.45, 7) is 0. The molecule has 1 saturated carbocycles. The Labute approximate surface area is 83.4 Å². The van der Waals surface area contributed by atoms with Crippen molar-refractivity contribution in [1.82, 2.24) is 0 Å². The van der Waals surface area contributed by atoms with Gasteiger partial charge in [-0.3, -0.25) is 0 Å². The summed E-state index contributed by atoms with van der Waals surface area (Å²) in [7, 11) is 1.74. The average Bonchev–Trinajstić information content (AvgIpc) is 2.68. The lowest BCUT2D eigenvalue weighted by atomic mass is 9.98. The largest absolute Gasteiger partial charge is 0.497 e. The minimum absolute atomic E-state index is 0.704. The van der Waals surface area contributed by atoms with Crippen LogP contribution in [0.15, 0.2) is 30.4 Å². The first kappa shape index (κ1) is 7.10. The zero-order valence-electron chi connectivity index (χ0n) is 8.10. The van der Waals surface area contributed by atoms with Crippen molar-refractivity contribution in [3.63, 3.8) is 0 Å². The van der Waals surface area contributed by atoms with Crippen LogP contribution >= 0.6 is 0 Å². The summed E-state index contributed by atoms with van der Waals surface area (Å²) in [6.07, 6.45) is 4.80. The fourth-order valence-corrected chi connectivity index (χ4v) is 3.44. The molecule has 4 atom stereocenters. The van der Waals surface area contributed by atoms with Gasteiger partial charge in [0, 0.05) is 5.92 Å². The molecule has 3 aliphatic rings. The third-order valence-corrected chi connectivity index (χ3v) is 4.10. The molecule has 1 nitrogen and oxygen atoms in total. The van der Waals surface area contributed by atoms with Gasteiger partial charge >= 0.3 is 0 Å². The Morgan fingerprint density at radius 2 is 2.07 bits per heavy atom. The summed E-state index contributed by atoms with van der Waals surface area (Å²) < 4.78 is 5.27. The molecule has 1 heteroatoms. The van der Waals surface area contributed by atoms with Gasteiger partial charge in [0.15, 0.2) is 0 Å². The fourth-order valence-electron chi connectivity index (χ4n) is 3.44. The van der Waals surface area contributed by atoms with Crippen molar-refractivity contribution in [2.24, 2.45) is 11.8 Å². The number of hydrogen-bond acceptors (Lipinski definition) is 1. The Morgan fingerprint density at radius 3 is 2.93 bits per heavy atom. The molecule has 0 bridgehead atoms. The standard InChI is InChI=1S/C13H12O/c1-14-7-2-3-8-11(6-7)9-4-5-10-12(8)13(9)10/h2-6,9-10,12-13H,1H3/t9-,10+,12-,13+/m0/s1. The smallest absolute Gasteiger partial charge is 0.119 e. The highest BCUT2D eigenvalue weighted by Crippen LogP contribution is 2.71.